The van der Waals surface area contributed by atoms with Gasteiger partial charge in [0, 0.05) is 19.6 Å². The fourth-order valence-electron chi connectivity index (χ4n) is 3.46. The molecule has 0 spiro atoms. The minimum Gasteiger partial charge on any atom is -0.315 e. The van der Waals surface area contributed by atoms with E-state index in [1.165, 1.54) is 12.8 Å². The summed E-state index contributed by atoms with van der Waals surface area (Å²) < 4.78 is 27.0. The number of hydrogen-bond donors (Lipinski definition) is 1. The summed E-state index contributed by atoms with van der Waals surface area (Å²) in [5, 5.41) is 3.02. The smallest absolute Gasteiger partial charge is 0.218 e. The predicted molar refractivity (Wildman–Crippen MR) is 78.6 cm³/mol. The molecule has 1 unspecified atom stereocenters. The van der Waals surface area contributed by atoms with Crippen molar-refractivity contribution in [1.82, 2.24) is 9.62 Å². The Balaban J connectivity index is 2.00. The number of nitrogens with zero attached hydrogens (tertiary/aromatic N) is 1. The quantitative estimate of drug-likeness (QED) is 0.860. The van der Waals surface area contributed by atoms with Gasteiger partial charge in [-0.1, -0.05) is 26.7 Å². The van der Waals surface area contributed by atoms with E-state index in [2.05, 4.69) is 19.2 Å². The summed E-state index contributed by atoms with van der Waals surface area (Å²) in [7, 11) is -3.08. The molecule has 2 heterocycles. The van der Waals surface area contributed by atoms with E-state index in [1.54, 1.807) is 4.31 Å². The normalized spacial score (nSPS) is 29.3. The molecular formula is C14H28N2O2S. The fraction of sp³-hybridized carbons (Fsp3) is 1.00. The lowest BCUT2D eigenvalue weighted by atomic mass is 9.75. The van der Waals surface area contributed by atoms with Crippen molar-refractivity contribution in [2.24, 2.45) is 5.41 Å². The minimum absolute atomic E-state index is 0.197. The first-order valence-electron chi connectivity index (χ1n) is 7.74. The van der Waals surface area contributed by atoms with E-state index >= 15 is 0 Å². The van der Waals surface area contributed by atoms with Gasteiger partial charge in [0.1, 0.15) is 0 Å². The molecule has 112 valence electrons. The number of nitrogens with one attached hydrogen (secondary N) is 1. The van der Waals surface area contributed by atoms with Crippen LogP contribution in [0.1, 0.15) is 52.4 Å². The Kier molecular flexibility index (Phi) is 4.90. The number of sulfonamides is 1. The Labute approximate surface area is 118 Å². The Morgan fingerprint density at radius 2 is 1.84 bits per heavy atom. The van der Waals surface area contributed by atoms with Crippen molar-refractivity contribution in [3.63, 3.8) is 0 Å². The zero-order valence-corrected chi connectivity index (χ0v) is 13.1. The van der Waals surface area contributed by atoms with E-state index in [0.29, 0.717) is 12.0 Å². The van der Waals surface area contributed by atoms with Crippen LogP contribution in [-0.4, -0.2) is 44.2 Å². The molecule has 2 fully saturated rings. The Morgan fingerprint density at radius 1 is 1.21 bits per heavy atom. The van der Waals surface area contributed by atoms with E-state index in [9.17, 15) is 8.42 Å². The second-order valence-corrected chi connectivity index (χ2v) is 8.33. The van der Waals surface area contributed by atoms with Gasteiger partial charge in [-0.05, 0) is 37.6 Å². The highest BCUT2D eigenvalue weighted by atomic mass is 32.2. The number of piperidine rings is 2. The van der Waals surface area contributed by atoms with Gasteiger partial charge in [0.15, 0.2) is 0 Å². The molecule has 4 nitrogen and oxygen atoms in total. The molecule has 0 aliphatic carbocycles. The number of rotatable bonds is 4. The molecule has 0 aromatic heterocycles. The van der Waals surface area contributed by atoms with Crippen molar-refractivity contribution >= 4 is 10.0 Å². The molecule has 2 saturated heterocycles. The first-order valence-corrected chi connectivity index (χ1v) is 9.24. The number of hydrogen-bond acceptors (Lipinski definition) is 3. The van der Waals surface area contributed by atoms with Gasteiger partial charge in [-0.2, -0.15) is 0 Å². The lowest BCUT2D eigenvalue weighted by molar-refractivity contribution is 0.140. The first-order chi connectivity index (χ1) is 9.04. The Bertz CT molecular complexity index is 374. The van der Waals surface area contributed by atoms with E-state index < -0.39 is 10.0 Å². The average molecular weight is 288 g/mol. The summed E-state index contributed by atoms with van der Waals surface area (Å²) in [5.74, 6) is 0. The van der Waals surface area contributed by atoms with Gasteiger partial charge < -0.3 is 5.32 Å². The second-order valence-electron chi connectivity index (χ2n) is 6.12. The molecule has 1 atom stereocenters. The van der Waals surface area contributed by atoms with Crippen LogP contribution in [0.4, 0.5) is 0 Å². The maximum Gasteiger partial charge on any atom is 0.218 e. The minimum atomic E-state index is -3.08. The second kappa shape index (κ2) is 6.10. The van der Waals surface area contributed by atoms with Crippen molar-refractivity contribution in [1.29, 1.82) is 0 Å². The summed E-state index contributed by atoms with van der Waals surface area (Å²) in [6, 6.07) is 0. The molecule has 19 heavy (non-hydrogen) atoms. The molecule has 0 bridgehead atoms. The zero-order valence-electron chi connectivity index (χ0n) is 12.3. The van der Waals surface area contributed by atoms with Crippen molar-refractivity contribution in [3.8, 4) is 0 Å². The van der Waals surface area contributed by atoms with Crippen molar-refractivity contribution in [2.75, 3.05) is 26.2 Å². The predicted octanol–water partition coefficient (Wildman–Crippen LogP) is 1.97. The highest BCUT2D eigenvalue weighted by molar-refractivity contribution is 7.89. The van der Waals surface area contributed by atoms with Gasteiger partial charge in [-0.3, -0.25) is 0 Å². The molecule has 5 heteroatoms. The molecule has 0 saturated carbocycles. The highest BCUT2D eigenvalue weighted by Crippen LogP contribution is 2.39. The molecule has 0 aromatic rings. The highest BCUT2D eigenvalue weighted by Gasteiger charge is 2.39. The monoisotopic (exact) mass is 288 g/mol. The zero-order chi connectivity index (χ0) is 13.9. The summed E-state index contributed by atoms with van der Waals surface area (Å²) in [6.07, 6.45) is 6.19. The molecule has 0 aromatic carbocycles. The third kappa shape index (κ3) is 3.14. The topological polar surface area (TPSA) is 49.4 Å². The average Bonchev–Trinajstić information content (AvgIpc) is 2.48. The molecule has 2 aliphatic rings. The van der Waals surface area contributed by atoms with E-state index in [4.69, 9.17) is 0 Å². The van der Waals surface area contributed by atoms with E-state index in [1.807, 2.05) is 0 Å². The summed E-state index contributed by atoms with van der Waals surface area (Å²) in [4.78, 5) is 0. The van der Waals surface area contributed by atoms with Gasteiger partial charge in [-0.15, -0.1) is 0 Å². The third-order valence-electron chi connectivity index (χ3n) is 5.32. The SMILES string of the molecule is CCC1(CC)CCN(S(=O)(=O)C2CCCNC2)CC1. The van der Waals surface area contributed by atoms with Crippen LogP contribution >= 0.6 is 0 Å². The van der Waals surface area contributed by atoms with Gasteiger partial charge in [0.05, 0.1) is 5.25 Å². The molecular weight excluding hydrogens is 260 g/mol. The molecule has 2 rings (SSSR count). The van der Waals surface area contributed by atoms with Crippen LogP contribution in [-0.2, 0) is 10.0 Å². The molecule has 0 amide bonds. The maximum absolute atomic E-state index is 12.6. The first kappa shape index (κ1) is 15.3. The fourth-order valence-corrected chi connectivity index (χ4v) is 5.36. The van der Waals surface area contributed by atoms with Crippen LogP contribution in [0, 0.1) is 5.41 Å². The maximum atomic E-state index is 12.6. The summed E-state index contributed by atoms with van der Waals surface area (Å²) >= 11 is 0. The Morgan fingerprint density at radius 3 is 2.32 bits per heavy atom. The van der Waals surface area contributed by atoms with Crippen molar-refractivity contribution in [3.05, 3.63) is 0 Å². The Hall–Kier alpha value is -0.130. The van der Waals surface area contributed by atoms with Crippen LogP contribution in [0.15, 0.2) is 0 Å². The van der Waals surface area contributed by atoms with Gasteiger partial charge in [-0.25, -0.2) is 12.7 Å². The van der Waals surface area contributed by atoms with Crippen LogP contribution in [0.5, 0.6) is 0 Å². The van der Waals surface area contributed by atoms with Gasteiger partial charge >= 0.3 is 0 Å². The summed E-state index contributed by atoms with van der Waals surface area (Å²) in [5.41, 5.74) is 0.386. The van der Waals surface area contributed by atoms with Gasteiger partial charge in [0.2, 0.25) is 10.0 Å². The van der Waals surface area contributed by atoms with Crippen LogP contribution in [0.2, 0.25) is 0 Å². The summed E-state index contributed by atoms with van der Waals surface area (Å²) in [6.45, 7) is 7.50. The van der Waals surface area contributed by atoms with Gasteiger partial charge in [0.25, 0.3) is 0 Å². The van der Waals surface area contributed by atoms with E-state index in [-0.39, 0.29) is 5.25 Å². The van der Waals surface area contributed by atoms with Crippen LogP contribution < -0.4 is 5.32 Å². The van der Waals surface area contributed by atoms with Crippen molar-refractivity contribution in [2.45, 2.75) is 57.6 Å². The third-order valence-corrected chi connectivity index (χ3v) is 7.65. The lowest BCUT2D eigenvalue weighted by Crippen LogP contribution is -2.50. The standard InChI is InChI=1S/C14H28N2O2S/c1-3-14(4-2)7-10-16(11-8-14)19(17,18)13-6-5-9-15-12-13/h13,15H,3-12H2,1-2H3. The van der Waals surface area contributed by atoms with Crippen LogP contribution in [0.25, 0.3) is 0 Å². The molecule has 1 N–H and O–H groups in total. The van der Waals surface area contributed by atoms with Crippen molar-refractivity contribution < 1.29 is 8.42 Å². The molecule has 2 aliphatic heterocycles. The van der Waals surface area contributed by atoms with Crippen LogP contribution in [0.3, 0.4) is 0 Å². The lowest BCUT2D eigenvalue weighted by Gasteiger charge is -2.41. The molecule has 0 radical (unpaired) electrons. The van der Waals surface area contributed by atoms with E-state index in [0.717, 1.165) is 45.3 Å². The largest absolute Gasteiger partial charge is 0.315 e.